The largest absolute Gasteiger partial charge is 0.483 e. The number of carbonyl (C=O) groups is 2. The zero-order valence-corrected chi connectivity index (χ0v) is 15.4. The molecule has 2 amide bonds. The van der Waals surface area contributed by atoms with E-state index in [2.05, 4.69) is 6.58 Å². The molecule has 0 aromatic heterocycles. The van der Waals surface area contributed by atoms with Crippen molar-refractivity contribution in [3.05, 3.63) is 77.5 Å². The quantitative estimate of drug-likeness (QED) is 0.597. The Morgan fingerprint density at radius 1 is 1.36 bits per heavy atom. The number of allylic oxidation sites excluding steroid dienone is 1. The minimum atomic E-state index is -0.863. The van der Waals surface area contributed by atoms with Gasteiger partial charge in [0, 0.05) is 25.6 Å². The highest BCUT2D eigenvalue weighted by Crippen LogP contribution is 2.46. The summed E-state index contributed by atoms with van der Waals surface area (Å²) in [6, 6.07) is 9.25. The fourth-order valence-electron chi connectivity index (χ4n) is 3.24. The number of amides is 2. The molecule has 0 radical (unpaired) electrons. The maximum atomic E-state index is 11.8. The number of hydrogen-bond acceptors (Lipinski definition) is 5. The zero-order valence-electron chi connectivity index (χ0n) is 15.4. The second kappa shape index (κ2) is 7.58. The van der Waals surface area contributed by atoms with E-state index in [4.69, 9.17) is 15.2 Å². The number of primary amides is 1. The van der Waals surface area contributed by atoms with Gasteiger partial charge in [-0.15, -0.1) is 6.58 Å². The number of nitrogens with zero attached hydrogens (tertiary/aromatic N) is 1. The Bertz CT molecular complexity index is 933. The third-order valence-electron chi connectivity index (χ3n) is 4.87. The topological polar surface area (TPSA) is 98.9 Å². The lowest BCUT2D eigenvalue weighted by Gasteiger charge is -2.49. The van der Waals surface area contributed by atoms with Gasteiger partial charge in [-0.1, -0.05) is 36.4 Å². The van der Waals surface area contributed by atoms with Gasteiger partial charge >= 0.3 is 0 Å². The number of hydrogen-bond donors (Lipinski definition) is 1. The molecular formula is C21H20N2O5. The van der Waals surface area contributed by atoms with Crippen molar-refractivity contribution < 1.29 is 23.9 Å². The Kier molecular flexibility index (Phi) is 5.20. The monoisotopic (exact) mass is 380 g/mol. The van der Waals surface area contributed by atoms with Crippen LogP contribution in [0.3, 0.4) is 0 Å². The smallest absolute Gasteiger partial charge is 0.288 e. The SMILES string of the molecule is C=CC1(C2=COC(C(N)=O)=C(OCc3ccccc3)C2=C=O)CN(C(C)=O)C1. The van der Waals surface area contributed by atoms with Crippen LogP contribution in [0.5, 0.6) is 0 Å². The van der Waals surface area contributed by atoms with E-state index in [9.17, 15) is 14.4 Å². The van der Waals surface area contributed by atoms with Crippen LogP contribution in [-0.2, 0) is 30.5 Å². The van der Waals surface area contributed by atoms with Gasteiger partial charge in [0.15, 0.2) is 5.76 Å². The number of likely N-dealkylation sites (tertiary alicyclic amines) is 1. The van der Waals surface area contributed by atoms with E-state index >= 15 is 0 Å². The fraction of sp³-hybridized carbons (Fsp3) is 0.238. The Morgan fingerprint density at radius 3 is 2.57 bits per heavy atom. The Hall–Kier alpha value is -3.57. The van der Waals surface area contributed by atoms with Gasteiger partial charge in [0.25, 0.3) is 5.91 Å². The van der Waals surface area contributed by atoms with E-state index in [0.29, 0.717) is 18.7 Å². The first kappa shape index (κ1) is 19.2. The van der Waals surface area contributed by atoms with Gasteiger partial charge in [0.05, 0.1) is 11.7 Å². The van der Waals surface area contributed by atoms with Crippen molar-refractivity contribution in [1.82, 2.24) is 4.90 Å². The average Bonchev–Trinajstić information content (AvgIpc) is 2.66. The molecule has 28 heavy (non-hydrogen) atoms. The third-order valence-corrected chi connectivity index (χ3v) is 4.87. The lowest BCUT2D eigenvalue weighted by atomic mass is 9.70. The molecule has 2 aliphatic rings. The van der Waals surface area contributed by atoms with Crippen LogP contribution < -0.4 is 5.73 Å². The highest BCUT2D eigenvalue weighted by Gasteiger charge is 2.49. The van der Waals surface area contributed by atoms with Gasteiger partial charge in [0.1, 0.15) is 18.1 Å². The van der Waals surface area contributed by atoms with Crippen molar-refractivity contribution in [3.8, 4) is 0 Å². The van der Waals surface area contributed by atoms with Gasteiger partial charge in [-0.25, -0.2) is 4.79 Å². The minimum absolute atomic E-state index is 0.0408. The number of benzene rings is 1. The first-order valence-electron chi connectivity index (χ1n) is 8.65. The highest BCUT2D eigenvalue weighted by atomic mass is 16.5. The molecule has 0 bridgehead atoms. The molecule has 1 fully saturated rings. The van der Waals surface area contributed by atoms with Gasteiger partial charge in [-0.05, 0) is 5.56 Å². The van der Waals surface area contributed by atoms with Crippen molar-refractivity contribution in [1.29, 1.82) is 0 Å². The molecule has 0 saturated carbocycles. The summed E-state index contributed by atoms with van der Waals surface area (Å²) < 4.78 is 11.2. The summed E-state index contributed by atoms with van der Waals surface area (Å²) in [6.45, 7) is 6.09. The first-order valence-corrected chi connectivity index (χ1v) is 8.65. The van der Waals surface area contributed by atoms with Crippen molar-refractivity contribution >= 4 is 17.8 Å². The van der Waals surface area contributed by atoms with Gasteiger partial charge in [-0.3, -0.25) is 9.59 Å². The molecule has 7 heteroatoms. The van der Waals surface area contributed by atoms with E-state index in [1.165, 1.54) is 13.2 Å². The van der Waals surface area contributed by atoms with E-state index in [0.717, 1.165) is 5.56 Å². The van der Waals surface area contributed by atoms with E-state index < -0.39 is 11.3 Å². The lowest BCUT2D eigenvalue weighted by molar-refractivity contribution is -0.136. The molecule has 144 valence electrons. The molecule has 2 aliphatic heterocycles. The van der Waals surface area contributed by atoms with Crippen molar-refractivity contribution in [2.75, 3.05) is 13.1 Å². The van der Waals surface area contributed by atoms with E-state index in [1.807, 2.05) is 36.3 Å². The Balaban J connectivity index is 1.92. The number of carbonyl (C=O) groups excluding carboxylic acids is 3. The van der Waals surface area contributed by atoms with Gasteiger partial charge in [-0.2, -0.15) is 0 Å². The number of ether oxygens (including phenoxy) is 2. The van der Waals surface area contributed by atoms with Crippen molar-refractivity contribution in [3.63, 3.8) is 0 Å². The van der Waals surface area contributed by atoms with Crippen LogP contribution >= 0.6 is 0 Å². The molecule has 0 atom stereocenters. The minimum Gasteiger partial charge on any atom is -0.483 e. The number of nitrogens with two attached hydrogens (primary N) is 1. The molecule has 7 nitrogen and oxygen atoms in total. The second-order valence-electron chi connectivity index (χ2n) is 6.66. The fourth-order valence-corrected chi connectivity index (χ4v) is 3.24. The molecule has 1 saturated heterocycles. The molecule has 0 unspecified atom stereocenters. The van der Waals surface area contributed by atoms with Crippen LogP contribution in [0, 0.1) is 5.41 Å². The Morgan fingerprint density at radius 2 is 2.04 bits per heavy atom. The summed E-state index contributed by atoms with van der Waals surface area (Å²) in [5, 5.41) is 0. The summed E-state index contributed by atoms with van der Waals surface area (Å²) in [5.74, 6) is 0.580. The van der Waals surface area contributed by atoms with Crippen LogP contribution in [0.25, 0.3) is 0 Å². The number of rotatable bonds is 6. The zero-order chi connectivity index (χ0) is 20.3. The molecule has 0 aliphatic carbocycles. The molecule has 2 heterocycles. The molecule has 1 aromatic carbocycles. The van der Waals surface area contributed by atoms with Crippen molar-refractivity contribution in [2.24, 2.45) is 11.1 Å². The van der Waals surface area contributed by atoms with Gasteiger partial charge < -0.3 is 20.1 Å². The van der Waals surface area contributed by atoms with Crippen LogP contribution in [-0.4, -0.2) is 35.7 Å². The lowest BCUT2D eigenvalue weighted by Crippen LogP contribution is -2.58. The summed E-state index contributed by atoms with van der Waals surface area (Å²) in [7, 11) is 0. The summed E-state index contributed by atoms with van der Waals surface area (Å²) in [6.07, 6.45) is 2.94. The van der Waals surface area contributed by atoms with Crippen LogP contribution in [0.1, 0.15) is 12.5 Å². The Labute approximate surface area is 162 Å². The van der Waals surface area contributed by atoms with Crippen LogP contribution in [0.2, 0.25) is 0 Å². The maximum Gasteiger partial charge on any atom is 0.288 e. The average molecular weight is 380 g/mol. The van der Waals surface area contributed by atoms with Crippen LogP contribution in [0.4, 0.5) is 0 Å². The first-order chi connectivity index (χ1) is 13.4. The molecule has 3 rings (SSSR count). The van der Waals surface area contributed by atoms with E-state index in [1.54, 1.807) is 11.0 Å². The summed E-state index contributed by atoms with van der Waals surface area (Å²) in [4.78, 5) is 36.8. The molecule has 2 N–H and O–H groups in total. The van der Waals surface area contributed by atoms with Gasteiger partial charge in [0.2, 0.25) is 11.7 Å². The summed E-state index contributed by atoms with van der Waals surface area (Å²) >= 11 is 0. The maximum absolute atomic E-state index is 11.8. The third kappa shape index (κ3) is 3.35. The predicted molar refractivity (Wildman–Crippen MR) is 101 cm³/mol. The summed E-state index contributed by atoms with van der Waals surface area (Å²) in [5.41, 5.74) is 6.03. The van der Waals surface area contributed by atoms with Crippen molar-refractivity contribution in [2.45, 2.75) is 13.5 Å². The standard InChI is InChI=1S/C21H20N2O5/c1-3-21(12-23(13-21)14(2)25)17-11-28-19(20(22)26)18(16(17)9-24)27-10-15-7-5-4-6-8-15/h3-8,11H,1,10,12-13H2,2H3,(H2,22,26). The highest BCUT2D eigenvalue weighted by molar-refractivity contribution is 5.93. The molecule has 1 aromatic rings. The molecule has 0 spiro atoms. The van der Waals surface area contributed by atoms with Crippen LogP contribution in [0.15, 0.2) is 71.9 Å². The van der Waals surface area contributed by atoms with E-state index in [-0.39, 0.29) is 29.6 Å². The molecular weight excluding hydrogens is 360 g/mol. The normalized spacial score (nSPS) is 17.7. The predicted octanol–water partition coefficient (Wildman–Crippen LogP) is 1.61. The second-order valence-corrected chi connectivity index (χ2v) is 6.66.